The molecule has 0 aliphatic rings. The lowest BCUT2D eigenvalue weighted by atomic mass is 10.1. The van der Waals surface area contributed by atoms with Crippen LogP contribution in [0.3, 0.4) is 0 Å². The van der Waals surface area contributed by atoms with Gasteiger partial charge in [-0.25, -0.2) is 13.4 Å². The van der Waals surface area contributed by atoms with Crippen LogP contribution in [0.25, 0.3) is 0 Å². The summed E-state index contributed by atoms with van der Waals surface area (Å²) >= 11 is 0. The molecular formula is C28H35N5O5S. The van der Waals surface area contributed by atoms with Crippen LogP contribution in [0, 0.1) is 20.8 Å². The Morgan fingerprint density at radius 3 is 2.31 bits per heavy atom. The van der Waals surface area contributed by atoms with Crippen molar-refractivity contribution in [3.8, 4) is 11.5 Å². The number of methoxy groups -OCH3 is 1. The summed E-state index contributed by atoms with van der Waals surface area (Å²) in [6.45, 7) is 10.1. The van der Waals surface area contributed by atoms with Crippen LogP contribution in [0.4, 0.5) is 11.5 Å². The third-order valence-corrected chi connectivity index (χ3v) is 7.99. The number of aryl methyl sites for hydroxylation is 3. The van der Waals surface area contributed by atoms with E-state index in [1.54, 1.807) is 44.3 Å². The molecule has 2 N–H and O–H groups in total. The SMILES string of the molecule is CCN(CC)S(=O)(=O)c1ccc(N/N=C/c2ccc(OCC(=O)Nc3c(C)cc(C)cc3C)c(OC)c2)nc1. The molecule has 3 rings (SSSR count). The molecule has 3 aromatic rings. The summed E-state index contributed by atoms with van der Waals surface area (Å²) in [5, 5.41) is 7.08. The van der Waals surface area contributed by atoms with Gasteiger partial charge >= 0.3 is 0 Å². The number of benzene rings is 2. The molecule has 0 fully saturated rings. The Morgan fingerprint density at radius 2 is 1.72 bits per heavy atom. The number of sulfonamides is 1. The lowest BCUT2D eigenvalue weighted by molar-refractivity contribution is -0.118. The van der Waals surface area contributed by atoms with Gasteiger partial charge in [0.25, 0.3) is 5.91 Å². The van der Waals surface area contributed by atoms with Crippen LogP contribution in [0.2, 0.25) is 0 Å². The fourth-order valence-corrected chi connectivity index (χ4v) is 5.47. The van der Waals surface area contributed by atoms with Crippen molar-refractivity contribution in [1.82, 2.24) is 9.29 Å². The monoisotopic (exact) mass is 553 g/mol. The third kappa shape index (κ3) is 7.55. The van der Waals surface area contributed by atoms with Crippen molar-refractivity contribution in [2.45, 2.75) is 39.5 Å². The zero-order chi connectivity index (χ0) is 28.6. The van der Waals surface area contributed by atoms with Gasteiger partial charge in [-0.2, -0.15) is 9.41 Å². The smallest absolute Gasteiger partial charge is 0.262 e. The number of carbonyl (C=O) groups is 1. The maximum absolute atomic E-state index is 12.6. The minimum Gasteiger partial charge on any atom is -0.493 e. The Bertz CT molecular complexity index is 1410. The van der Waals surface area contributed by atoms with E-state index in [-0.39, 0.29) is 17.4 Å². The normalized spacial score (nSPS) is 11.6. The minimum atomic E-state index is -3.57. The molecule has 0 saturated carbocycles. The number of aromatic nitrogens is 1. The molecule has 0 atom stereocenters. The maximum atomic E-state index is 12.6. The summed E-state index contributed by atoms with van der Waals surface area (Å²) in [4.78, 5) is 16.8. The number of anilines is 2. The number of hydrogen-bond donors (Lipinski definition) is 2. The van der Waals surface area contributed by atoms with E-state index in [0.29, 0.717) is 36.0 Å². The number of rotatable bonds is 12. The van der Waals surface area contributed by atoms with Crippen molar-refractivity contribution in [2.75, 3.05) is 37.5 Å². The van der Waals surface area contributed by atoms with Crippen molar-refractivity contribution < 1.29 is 22.7 Å². The zero-order valence-electron chi connectivity index (χ0n) is 23.1. The Balaban J connectivity index is 1.60. The molecule has 0 aliphatic heterocycles. The second-order valence-electron chi connectivity index (χ2n) is 8.86. The summed E-state index contributed by atoms with van der Waals surface area (Å²) in [7, 11) is -2.06. The number of nitrogens with zero attached hydrogens (tertiary/aromatic N) is 3. The number of amides is 1. The van der Waals surface area contributed by atoms with E-state index in [2.05, 4.69) is 20.8 Å². The second kappa shape index (κ2) is 13.2. The molecule has 11 heteroatoms. The van der Waals surface area contributed by atoms with Gasteiger partial charge in [0.1, 0.15) is 10.7 Å². The first kappa shape index (κ1) is 29.6. The maximum Gasteiger partial charge on any atom is 0.262 e. The van der Waals surface area contributed by atoms with Crippen molar-refractivity contribution in [1.29, 1.82) is 0 Å². The number of carbonyl (C=O) groups excluding carboxylic acids is 1. The van der Waals surface area contributed by atoms with E-state index in [4.69, 9.17) is 9.47 Å². The average Bonchev–Trinajstić information content (AvgIpc) is 2.90. The van der Waals surface area contributed by atoms with Gasteiger partial charge in [-0.3, -0.25) is 10.2 Å². The highest BCUT2D eigenvalue weighted by molar-refractivity contribution is 7.89. The highest BCUT2D eigenvalue weighted by Gasteiger charge is 2.21. The van der Waals surface area contributed by atoms with Gasteiger partial charge in [-0.1, -0.05) is 31.5 Å². The predicted octanol–water partition coefficient (Wildman–Crippen LogP) is 4.51. The predicted molar refractivity (Wildman–Crippen MR) is 153 cm³/mol. The largest absolute Gasteiger partial charge is 0.493 e. The van der Waals surface area contributed by atoms with Crippen LogP contribution in [-0.2, 0) is 14.8 Å². The molecule has 0 saturated heterocycles. The topological polar surface area (TPSA) is 122 Å². The number of ether oxygens (including phenoxy) is 2. The van der Waals surface area contributed by atoms with Crippen molar-refractivity contribution in [2.24, 2.45) is 5.10 Å². The van der Waals surface area contributed by atoms with Gasteiger partial charge in [0.15, 0.2) is 18.1 Å². The Labute approximate surface area is 230 Å². The standard InChI is InChI=1S/C28H35N5O5S/c1-7-33(8-2)39(35,36)23-10-12-26(29-17-23)32-30-16-22-9-11-24(25(15-22)37-6)38-18-27(34)31-28-20(4)13-19(3)14-21(28)5/h9-17H,7-8,18H2,1-6H3,(H,29,32)(H,31,34)/b30-16+. The van der Waals surface area contributed by atoms with Gasteiger partial charge < -0.3 is 14.8 Å². The van der Waals surface area contributed by atoms with Gasteiger partial charge in [0.05, 0.1) is 13.3 Å². The van der Waals surface area contributed by atoms with Crippen LogP contribution >= 0.6 is 0 Å². The number of hydrazone groups is 1. The summed E-state index contributed by atoms with van der Waals surface area (Å²) in [5.41, 5.74) is 7.40. The lowest BCUT2D eigenvalue weighted by Gasteiger charge is -2.18. The molecule has 1 amide bonds. The summed E-state index contributed by atoms with van der Waals surface area (Å²) in [6.07, 6.45) is 2.86. The molecule has 10 nitrogen and oxygen atoms in total. The van der Waals surface area contributed by atoms with Crippen LogP contribution in [0.15, 0.2) is 58.7 Å². The quantitative estimate of drug-likeness (QED) is 0.250. The minimum absolute atomic E-state index is 0.124. The highest BCUT2D eigenvalue weighted by atomic mass is 32.2. The summed E-state index contributed by atoms with van der Waals surface area (Å²) in [6, 6.07) is 12.3. The molecule has 0 bridgehead atoms. The third-order valence-electron chi connectivity index (χ3n) is 5.96. The number of pyridine rings is 1. The van der Waals surface area contributed by atoms with Crippen molar-refractivity contribution in [3.63, 3.8) is 0 Å². The van der Waals surface area contributed by atoms with E-state index < -0.39 is 10.0 Å². The Morgan fingerprint density at radius 1 is 1.03 bits per heavy atom. The zero-order valence-corrected chi connectivity index (χ0v) is 23.9. The average molecular weight is 554 g/mol. The van der Waals surface area contributed by atoms with E-state index in [1.165, 1.54) is 23.7 Å². The van der Waals surface area contributed by atoms with E-state index >= 15 is 0 Å². The second-order valence-corrected chi connectivity index (χ2v) is 10.8. The fraction of sp³-hybridized carbons (Fsp3) is 0.321. The molecule has 1 aromatic heterocycles. The molecule has 39 heavy (non-hydrogen) atoms. The molecule has 2 aromatic carbocycles. The van der Waals surface area contributed by atoms with Crippen LogP contribution < -0.4 is 20.2 Å². The first-order chi connectivity index (χ1) is 18.6. The number of nitrogens with one attached hydrogen (secondary N) is 2. The number of hydrogen-bond acceptors (Lipinski definition) is 8. The van der Waals surface area contributed by atoms with E-state index in [9.17, 15) is 13.2 Å². The molecule has 1 heterocycles. The summed E-state index contributed by atoms with van der Waals surface area (Å²) in [5.74, 6) is 0.979. The summed E-state index contributed by atoms with van der Waals surface area (Å²) < 4.78 is 37.7. The Kier molecular flexibility index (Phi) is 10.0. The van der Waals surface area contributed by atoms with Crippen LogP contribution in [0.1, 0.15) is 36.1 Å². The Hall–Kier alpha value is -3.96. The first-order valence-corrected chi connectivity index (χ1v) is 14.0. The molecule has 0 radical (unpaired) electrons. The lowest BCUT2D eigenvalue weighted by Crippen LogP contribution is -2.30. The van der Waals surface area contributed by atoms with E-state index in [0.717, 1.165) is 22.4 Å². The molecule has 208 valence electrons. The van der Waals surface area contributed by atoms with Gasteiger partial charge in [-0.05, 0) is 67.8 Å². The molecule has 0 unspecified atom stereocenters. The van der Waals surface area contributed by atoms with Gasteiger partial charge in [0.2, 0.25) is 10.0 Å². The first-order valence-electron chi connectivity index (χ1n) is 12.5. The molecular weight excluding hydrogens is 518 g/mol. The van der Waals surface area contributed by atoms with Gasteiger partial charge in [-0.15, -0.1) is 0 Å². The molecule has 0 spiro atoms. The van der Waals surface area contributed by atoms with Crippen molar-refractivity contribution in [3.05, 3.63) is 70.9 Å². The van der Waals surface area contributed by atoms with Crippen LogP contribution in [-0.4, -0.2) is 56.6 Å². The van der Waals surface area contributed by atoms with E-state index in [1.807, 2.05) is 32.9 Å². The fourth-order valence-electron chi connectivity index (χ4n) is 4.06. The molecule has 0 aliphatic carbocycles. The van der Waals surface area contributed by atoms with Crippen LogP contribution in [0.5, 0.6) is 11.5 Å². The van der Waals surface area contributed by atoms with Gasteiger partial charge in [0, 0.05) is 25.0 Å². The highest BCUT2D eigenvalue weighted by Crippen LogP contribution is 2.28. The van der Waals surface area contributed by atoms with Crippen molar-refractivity contribution >= 4 is 33.7 Å².